The molecule has 20 heavy (non-hydrogen) atoms. The number of hydrogen-bond acceptors (Lipinski definition) is 4. The van der Waals surface area contributed by atoms with Crippen molar-refractivity contribution >= 4 is 5.97 Å². The molecule has 1 aromatic heterocycles. The maximum Gasteiger partial charge on any atom is 0.335 e. The fourth-order valence-electron chi connectivity index (χ4n) is 2.30. The Kier molecular flexibility index (Phi) is 4.20. The molecule has 0 fully saturated rings. The number of carbonyl (C=O) groups is 1. The molecule has 0 spiro atoms. The van der Waals surface area contributed by atoms with Crippen LogP contribution in [0.15, 0.2) is 28.8 Å². The second kappa shape index (κ2) is 5.88. The summed E-state index contributed by atoms with van der Waals surface area (Å²) < 4.78 is 5.15. The third-order valence-electron chi connectivity index (χ3n) is 3.31. The van der Waals surface area contributed by atoms with Gasteiger partial charge >= 0.3 is 5.97 Å². The van der Waals surface area contributed by atoms with Gasteiger partial charge in [0.2, 0.25) is 0 Å². The Morgan fingerprint density at radius 3 is 2.80 bits per heavy atom. The standard InChI is InChI=1S/C15H18N2O3/c1-9(14-10(2)17-20-11(14)3)16-8-12-5-4-6-13(7-12)15(18)19/h4-7,9,16H,8H2,1-3H3,(H,18,19). The Bertz CT molecular complexity index is 600. The van der Waals surface area contributed by atoms with Gasteiger partial charge in [-0.15, -0.1) is 0 Å². The Hall–Kier alpha value is -2.14. The second-order valence-corrected chi connectivity index (χ2v) is 4.85. The molecule has 2 aromatic rings. The molecule has 0 aliphatic carbocycles. The Morgan fingerprint density at radius 2 is 2.20 bits per heavy atom. The number of nitrogens with one attached hydrogen (secondary N) is 1. The monoisotopic (exact) mass is 274 g/mol. The number of nitrogens with zero attached hydrogens (tertiary/aromatic N) is 1. The number of carboxylic acid groups (broad SMARTS) is 1. The highest BCUT2D eigenvalue weighted by Gasteiger charge is 2.15. The first-order valence-corrected chi connectivity index (χ1v) is 6.47. The SMILES string of the molecule is Cc1noc(C)c1C(C)NCc1cccc(C(=O)O)c1. The van der Waals surface area contributed by atoms with Gasteiger partial charge in [-0.1, -0.05) is 17.3 Å². The molecule has 106 valence electrons. The lowest BCUT2D eigenvalue weighted by Gasteiger charge is -2.14. The molecule has 0 amide bonds. The molecule has 2 N–H and O–H groups in total. The van der Waals surface area contributed by atoms with E-state index >= 15 is 0 Å². The number of hydrogen-bond donors (Lipinski definition) is 2. The first-order valence-electron chi connectivity index (χ1n) is 6.47. The molecule has 1 unspecified atom stereocenters. The van der Waals surface area contributed by atoms with E-state index in [0.29, 0.717) is 12.1 Å². The van der Waals surface area contributed by atoms with Crippen LogP contribution in [0, 0.1) is 13.8 Å². The summed E-state index contributed by atoms with van der Waals surface area (Å²) in [7, 11) is 0. The molecule has 1 heterocycles. The van der Waals surface area contributed by atoms with Gasteiger partial charge in [0, 0.05) is 18.2 Å². The summed E-state index contributed by atoms with van der Waals surface area (Å²) in [4.78, 5) is 10.9. The average molecular weight is 274 g/mol. The number of aryl methyl sites for hydroxylation is 2. The molecule has 1 aromatic carbocycles. The van der Waals surface area contributed by atoms with Gasteiger partial charge in [-0.2, -0.15) is 0 Å². The van der Waals surface area contributed by atoms with Crippen LogP contribution in [0.5, 0.6) is 0 Å². The Balaban J connectivity index is 2.05. The molecule has 5 heteroatoms. The minimum absolute atomic E-state index is 0.0923. The topological polar surface area (TPSA) is 75.4 Å². The van der Waals surface area contributed by atoms with Gasteiger partial charge in [0.05, 0.1) is 11.3 Å². The highest BCUT2D eigenvalue weighted by molar-refractivity contribution is 5.87. The van der Waals surface area contributed by atoms with Gasteiger partial charge in [-0.3, -0.25) is 0 Å². The number of aromatic carboxylic acids is 1. The predicted molar refractivity (Wildman–Crippen MR) is 74.6 cm³/mol. The summed E-state index contributed by atoms with van der Waals surface area (Å²) in [6, 6.07) is 7.01. The fourth-order valence-corrected chi connectivity index (χ4v) is 2.30. The molecule has 0 saturated carbocycles. The summed E-state index contributed by atoms with van der Waals surface area (Å²) in [5, 5.41) is 16.3. The fraction of sp³-hybridized carbons (Fsp3) is 0.333. The van der Waals surface area contributed by atoms with E-state index < -0.39 is 5.97 Å². The van der Waals surface area contributed by atoms with Crippen molar-refractivity contribution in [2.45, 2.75) is 33.4 Å². The summed E-state index contributed by atoms with van der Waals surface area (Å²) >= 11 is 0. The number of benzene rings is 1. The quantitative estimate of drug-likeness (QED) is 0.876. The molecule has 0 radical (unpaired) electrons. The minimum Gasteiger partial charge on any atom is -0.478 e. The van der Waals surface area contributed by atoms with Crippen LogP contribution >= 0.6 is 0 Å². The number of carboxylic acids is 1. The van der Waals surface area contributed by atoms with Crippen molar-refractivity contribution in [2.24, 2.45) is 0 Å². The average Bonchev–Trinajstić information content (AvgIpc) is 2.76. The lowest BCUT2D eigenvalue weighted by molar-refractivity contribution is 0.0696. The maximum atomic E-state index is 10.9. The largest absolute Gasteiger partial charge is 0.478 e. The normalized spacial score (nSPS) is 12.3. The smallest absolute Gasteiger partial charge is 0.335 e. The van der Waals surface area contributed by atoms with Gasteiger partial charge in [-0.25, -0.2) is 4.79 Å². The first kappa shape index (κ1) is 14.3. The lowest BCUT2D eigenvalue weighted by Crippen LogP contribution is -2.19. The predicted octanol–water partition coefficient (Wildman–Crippen LogP) is 2.84. The molecule has 0 bridgehead atoms. The third kappa shape index (κ3) is 3.05. The molecule has 0 aliphatic heterocycles. The molecule has 5 nitrogen and oxygen atoms in total. The zero-order valence-corrected chi connectivity index (χ0v) is 11.8. The van der Waals surface area contributed by atoms with Gasteiger partial charge in [-0.05, 0) is 38.5 Å². The van der Waals surface area contributed by atoms with E-state index in [1.165, 1.54) is 0 Å². The van der Waals surface area contributed by atoms with Crippen LogP contribution in [-0.4, -0.2) is 16.2 Å². The van der Waals surface area contributed by atoms with E-state index in [1.54, 1.807) is 18.2 Å². The third-order valence-corrected chi connectivity index (χ3v) is 3.31. The van der Waals surface area contributed by atoms with E-state index in [2.05, 4.69) is 10.5 Å². The van der Waals surface area contributed by atoms with Crippen molar-refractivity contribution < 1.29 is 14.4 Å². The lowest BCUT2D eigenvalue weighted by atomic mass is 10.1. The van der Waals surface area contributed by atoms with Crippen molar-refractivity contribution in [1.29, 1.82) is 0 Å². The molecule has 0 aliphatic rings. The summed E-state index contributed by atoms with van der Waals surface area (Å²) in [5.41, 5.74) is 3.17. The van der Waals surface area contributed by atoms with E-state index in [9.17, 15) is 4.79 Å². The van der Waals surface area contributed by atoms with Crippen molar-refractivity contribution in [1.82, 2.24) is 10.5 Å². The molecule has 1 atom stereocenters. The summed E-state index contributed by atoms with van der Waals surface area (Å²) in [5.74, 6) is -0.104. The maximum absolute atomic E-state index is 10.9. The highest BCUT2D eigenvalue weighted by atomic mass is 16.5. The summed E-state index contributed by atoms with van der Waals surface area (Å²) in [6.45, 7) is 6.42. The van der Waals surface area contributed by atoms with Crippen LogP contribution in [0.1, 0.15) is 45.9 Å². The van der Waals surface area contributed by atoms with E-state index in [0.717, 1.165) is 22.6 Å². The van der Waals surface area contributed by atoms with Crippen LogP contribution in [0.3, 0.4) is 0 Å². The second-order valence-electron chi connectivity index (χ2n) is 4.85. The van der Waals surface area contributed by atoms with Crippen molar-refractivity contribution in [3.8, 4) is 0 Å². The van der Waals surface area contributed by atoms with Gasteiger partial charge in [0.1, 0.15) is 5.76 Å². The number of rotatable bonds is 5. The zero-order chi connectivity index (χ0) is 14.7. The van der Waals surface area contributed by atoms with Crippen LogP contribution < -0.4 is 5.32 Å². The molecular formula is C15H18N2O3. The highest BCUT2D eigenvalue weighted by Crippen LogP contribution is 2.21. The van der Waals surface area contributed by atoms with Gasteiger partial charge in [0.25, 0.3) is 0 Å². The van der Waals surface area contributed by atoms with Crippen LogP contribution in [0.4, 0.5) is 0 Å². The zero-order valence-electron chi connectivity index (χ0n) is 11.8. The van der Waals surface area contributed by atoms with Crippen molar-refractivity contribution in [3.05, 3.63) is 52.4 Å². The molecular weight excluding hydrogens is 256 g/mol. The van der Waals surface area contributed by atoms with Gasteiger partial charge in [0.15, 0.2) is 0 Å². The van der Waals surface area contributed by atoms with Crippen molar-refractivity contribution in [2.75, 3.05) is 0 Å². The Morgan fingerprint density at radius 1 is 1.45 bits per heavy atom. The van der Waals surface area contributed by atoms with Crippen LogP contribution in [-0.2, 0) is 6.54 Å². The van der Waals surface area contributed by atoms with E-state index in [4.69, 9.17) is 9.63 Å². The number of aromatic nitrogens is 1. The molecule has 0 saturated heterocycles. The minimum atomic E-state index is -0.911. The van der Waals surface area contributed by atoms with E-state index in [-0.39, 0.29) is 6.04 Å². The Labute approximate surface area is 117 Å². The van der Waals surface area contributed by atoms with Crippen molar-refractivity contribution in [3.63, 3.8) is 0 Å². The molecule has 2 rings (SSSR count). The van der Waals surface area contributed by atoms with Crippen LogP contribution in [0.25, 0.3) is 0 Å². The first-order chi connectivity index (χ1) is 9.49. The summed E-state index contributed by atoms with van der Waals surface area (Å²) in [6.07, 6.45) is 0. The van der Waals surface area contributed by atoms with Gasteiger partial charge < -0.3 is 14.9 Å². The van der Waals surface area contributed by atoms with E-state index in [1.807, 2.05) is 26.8 Å². The van der Waals surface area contributed by atoms with Crippen LogP contribution in [0.2, 0.25) is 0 Å².